The molecule has 1 fully saturated rings. The molecule has 1 aliphatic carbocycles. The van der Waals surface area contributed by atoms with Gasteiger partial charge in [0.25, 0.3) is 5.91 Å². The van der Waals surface area contributed by atoms with Crippen molar-refractivity contribution in [3.05, 3.63) is 77.5 Å². The van der Waals surface area contributed by atoms with E-state index in [4.69, 9.17) is 4.74 Å². The predicted octanol–water partition coefficient (Wildman–Crippen LogP) is 5.42. The molecule has 0 atom stereocenters. The number of carbonyl (C=O) groups excluding carboxylic acids is 2. The Kier molecular flexibility index (Phi) is 5.97. The minimum atomic E-state index is -5.31. The first-order chi connectivity index (χ1) is 17.6. The fourth-order valence-electron chi connectivity index (χ4n) is 3.50. The average molecular weight is 517 g/mol. The van der Waals surface area contributed by atoms with Crippen LogP contribution in [-0.2, 0) is 11.0 Å². The van der Waals surface area contributed by atoms with Crippen molar-refractivity contribution in [2.45, 2.75) is 19.0 Å². The van der Waals surface area contributed by atoms with Gasteiger partial charge in [0.05, 0.1) is 11.8 Å². The van der Waals surface area contributed by atoms with Gasteiger partial charge in [0.1, 0.15) is 17.1 Å². The Morgan fingerprint density at radius 3 is 2.54 bits per heavy atom. The van der Waals surface area contributed by atoms with Gasteiger partial charge in [-0.1, -0.05) is 6.07 Å². The maximum absolute atomic E-state index is 14.3. The summed E-state index contributed by atoms with van der Waals surface area (Å²) in [6.07, 6.45) is -2.10. The molecule has 2 heterocycles. The van der Waals surface area contributed by atoms with Crippen LogP contribution in [-0.4, -0.2) is 26.4 Å². The van der Waals surface area contributed by atoms with E-state index >= 15 is 0 Å². The predicted molar refractivity (Wildman–Crippen MR) is 120 cm³/mol. The molecule has 0 radical (unpaired) electrons. The first kappa shape index (κ1) is 24.2. The van der Waals surface area contributed by atoms with Crippen LogP contribution in [0.3, 0.4) is 0 Å². The average Bonchev–Trinajstić information content (AvgIpc) is 3.59. The number of nitrogens with one attached hydrogen (secondary N) is 2. The zero-order valence-electron chi connectivity index (χ0n) is 18.6. The van der Waals surface area contributed by atoms with Gasteiger partial charge >= 0.3 is 6.18 Å². The van der Waals surface area contributed by atoms with E-state index in [9.17, 15) is 31.5 Å². The summed E-state index contributed by atoms with van der Waals surface area (Å²) in [5.41, 5.74) is -2.59. The van der Waals surface area contributed by atoms with E-state index in [2.05, 4.69) is 20.7 Å². The largest absolute Gasteiger partial charge is 0.438 e. The van der Waals surface area contributed by atoms with Gasteiger partial charge < -0.3 is 15.4 Å². The highest BCUT2D eigenvalue weighted by molar-refractivity contribution is 6.04. The summed E-state index contributed by atoms with van der Waals surface area (Å²) in [6, 6.07) is 9.87. The molecule has 13 heteroatoms. The zero-order chi connectivity index (χ0) is 26.3. The number of imidazole rings is 1. The minimum Gasteiger partial charge on any atom is -0.438 e. The summed E-state index contributed by atoms with van der Waals surface area (Å²) < 4.78 is 73.8. The van der Waals surface area contributed by atoms with E-state index in [-0.39, 0.29) is 29.1 Å². The van der Waals surface area contributed by atoms with Crippen LogP contribution < -0.4 is 15.4 Å². The number of aromatic nitrogens is 3. The molecule has 2 aromatic heterocycles. The molecule has 2 N–H and O–H groups in total. The fourth-order valence-corrected chi connectivity index (χ4v) is 3.50. The number of fused-ring (bicyclic) bond motifs is 1. The third kappa shape index (κ3) is 5.20. The van der Waals surface area contributed by atoms with Crippen LogP contribution in [0.1, 0.15) is 28.8 Å². The molecule has 4 aromatic rings. The normalized spacial score (nSPS) is 13.4. The quantitative estimate of drug-likeness (QED) is 0.333. The number of rotatable bonds is 6. The Bertz CT molecular complexity index is 1530. The molecule has 37 heavy (non-hydrogen) atoms. The lowest BCUT2D eigenvalue weighted by Crippen LogP contribution is -2.19. The number of halogens is 5. The van der Waals surface area contributed by atoms with Crippen molar-refractivity contribution in [1.29, 1.82) is 0 Å². The Labute approximate surface area is 205 Å². The van der Waals surface area contributed by atoms with E-state index < -0.39 is 34.8 Å². The molecule has 1 aliphatic rings. The van der Waals surface area contributed by atoms with Gasteiger partial charge in [0.2, 0.25) is 11.8 Å². The van der Waals surface area contributed by atoms with Gasteiger partial charge in [-0.2, -0.15) is 13.2 Å². The van der Waals surface area contributed by atoms with Crippen molar-refractivity contribution in [2.24, 2.45) is 5.92 Å². The number of benzene rings is 2. The molecular formula is C24H16F5N5O3. The minimum absolute atomic E-state index is 0.00988. The number of carbonyl (C=O) groups is 2. The molecule has 0 unspecified atom stereocenters. The highest BCUT2D eigenvalue weighted by Gasteiger charge is 2.39. The summed E-state index contributed by atoms with van der Waals surface area (Å²) in [6.45, 7) is 0. The number of anilines is 2. The molecule has 0 saturated heterocycles. The van der Waals surface area contributed by atoms with Crippen molar-refractivity contribution < 1.29 is 36.3 Å². The third-order valence-electron chi connectivity index (χ3n) is 5.43. The van der Waals surface area contributed by atoms with E-state index in [1.807, 2.05) is 0 Å². The van der Waals surface area contributed by atoms with E-state index in [0.29, 0.717) is 23.6 Å². The van der Waals surface area contributed by atoms with Crippen LogP contribution in [0.25, 0.3) is 5.65 Å². The molecular weight excluding hydrogens is 501 g/mol. The lowest BCUT2D eigenvalue weighted by Gasteiger charge is -2.13. The molecule has 0 spiro atoms. The molecule has 190 valence electrons. The van der Waals surface area contributed by atoms with Gasteiger partial charge in [0, 0.05) is 23.7 Å². The molecule has 2 amide bonds. The van der Waals surface area contributed by atoms with Gasteiger partial charge in [-0.25, -0.2) is 18.3 Å². The fraction of sp³-hybridized carbons (Fsp3) is 0.167. The maximum atomic E-state index is 14.3. The lowest BCUT2D eigenvalue weighted by molar-refractivity contribution is -0.142. The summed E-state index contributed by atoms with van der Waals surface area (Å²) >= 11 is 0. The van der Waals surface area contributed by atoms with E-state index in [1.165, 1.54) is 41.0 Å². The van der Waals surface area contributed by atoms with Crippen LogP contribution in [0.15, 0.2) is 54.7 Å². The van der Waals surface area contributed by atoms with Crippen molar-refractivity contribution >= 4 is 29.0 Å². The Morgan fingerprint density at radius 1 is 1.03 bits per heavy atom. The molecule has 5 rings (SSSR count). The number of ether oxygens (including phenoxy) is 1. The standard InChI is InChI=1S/C24H16F5N5O3/c25-16-7-6-15(21(26)20(16)24(27,28)29)23(36)30-13-2-1-3-14(10-13)37-19-9-8-18-31-17(11-34(18)33-19)32-22(35)12-4-5-12/h1-3,6-12H,4-5H2,(H,30,36)(H,32,35). The lowest BCUT2D eigenvalue weighted by atomic mass is 10.1. The Balaban J connectivity index is 1.31. The van der Waals surface area contributed by atoms with Gasteiger partial charge in [-0.05, 0) is 43.2 Å². The van der Waals surface area contributed by atoms with Crippen molar-refractivity contribution in [2.75, 3.05) is 10.6 Å². The molecule has 0 aliphatic heterocycles. The molecule has 8 nitrogen and oxygen atoms in total. The van der Waals surface area contributed by atoms with Crippen LogP contribution in [0, 0.1) is 17.6 Å². The zero-order valence-corrected chi connectivity index (χ0v) is 18.6. The van der Waals surface area contributed by atoms with Crippen molar-refractivity contribution in [3.8, 4) is 11.6 Å². The summed E-state index contributed by atoms with van der Waals surface area (Å²) in [5, 5.41) is 9.23. The first-order valence-corrected chi connectivity index (χ1v) is 10.9. The second-order valence-electron chi connectivity index (χ2n) is 8.23. The Hall–Kier alpha value is -4.55. The topological polar surface area (TPSA) is 97.6 Å². The summed E-state index contributed by atoms with van der Waals surface area (Å²) in [5.74, 6) is -4.47. The van der Waals surface area contributed by atoms with E-state index in [1.54, 1.807) is 6.07 Å². The summed E-state index contributed by atoms with van der Waals surface area (Å²) in [4.78, 5) is 28.6. The van der Waals surface area contributed by atoms with Gasteiger partial charge in [0.15, 0.2) is 17.3 Å². The number of alkyl halides is 3. The highest BCUT2D eigenvalue weighted by Crippen LogP contribution is 2.35. The monoisotopic (exact) mass is 517 g/mol. The molecule has 2 aromatic carbocycles. The number of hydrogen-bond acceptors (Lipinski definition) is 5. The van der Waals surface area contributed by atoms with Gasteiger partial charge in [-0.15, -0.1) is 5.10 Å². The second kappa shape index (κ2) is 9.15. The summed E-state index contributed by atoms with van der Waals surface area (Å²) in [7, 11) is 0. The number of amides is 2. The highest BCUT2D eigenvalue weighted by atomic mass is 19.4. The molecule has 0 bridgehead atoms. The van der Waals surface area contributed by atoms with Crippen LogP contribution in [0.5, 0.6) is 11.6 Å². The van der Waals surface area contributed by atoms with Crippen molar-refractivity contribution in [1.82, 2.24) is 14.6 Å². The number of hydrogen-bond donors (Lipinski definition) is 2. The SMILES string of the molecule is O=C(Nc1cccc(Oc2ccc3nc(NC(=O)C4CC4)cn3n2)c1)c1ccc(F)c(C(F)(F)F)c1F. The Morgan fingerprint density at radius 2 is 1.81 bits per heavy atom. The third-order valence-corrected chi connectivity index (χ3v) is 5.43. The van der Waals surface area contributed by atoms with Crippen LogP contribution >= 0.6 is 0 Å². The van der Waals surface area contributed by atoms with E-state index in [0.717, 1.165) is 12.8 Å². The molecule has 1 saturated carbocycles. The first-order valence-electron chi connectivity index (χ1n) is 10.9. The smallest absolute Gasteiger partial charge is 0.422 e. The van der Waals surface area contributed by atoms with Crippen LogP contribution in [0.2, 0.25) is 0 Å². The van der Waals surface area contributed by atoms with Crippen LogP contribution in [0.4, 0.5) is 33.5 Å². The maximum Gasteiger partial charge on any atom is 0.422 e. The van der Waals surface area contributed by atoms with Crippen molar-refractivity contribution in [3.63, 3.8) is 0 Å². The number of nitrogens with zero attached hydrogens (tertiary/aromatic N) is 3. The second-order valence-corrected chi connectivity index (χ2v) is 8.23. The van der Waals surface area contributed by atoms with Gasteiger partial charge in [-0.3, -0.25) is 9.59 Å².